The summed E-state index contributed by atoms with van der Waals surface area (Å²) in [6.07, 6.45) is 1.43. The van der Waals surface area contributed by atoms with Gasteiger partial charge in [-0.2, -0.15) is 5.26 Å². The van der Waals surface area contributed by atoms with Crippen LogP contribution in [0.5, 0.6) is 0 Å². The maximum Gasteiger partial charge on any atom is 0.509 e. The number of hydrogen-bond donors (Lipinski definition) is 0. The molecule has 0 aliphatic rings. The van der Waals surface area contributed by atoms with E-state index in [4.69, 9.17) is 14.7 Å². The van der Waals surface area contributed by atoms with Gasteiger partial charge in [0.2, 0.25) is 0 Å². The minimum absolute atomic E-state index is 0.252. The molecule has 1 aromatic rings. The first kappa shape index (κ1) is 12.8. The van der Waals surface area contributed by atoms with Gasteiger partial charge in [-0.15, -0.1) is 0 Å². The standard InChI is InChI=1S/C13H13NO3/c1-2-16-13(15)17-12(9-6-10-14)11-7-4-3-5-8-11/h3-9,12H,2H2,1H3/b9-6+. The highest BCUT2D eigenvalue weighted by Crippen LogP contribution is 2.19. The van der Waals surface area contributed by atoms with Crippen LogP contribution in [0.15, 0.2) is 42.5 Å². The summed E-state index contributed by atoms with van der Waals surface area (Å²) in [5, 5.41) is 8.49. The Morgan fingerprint density at radius 1 is 1.47 bits per heavy atom. The summed E-state index contributed by atoms with van der Waals surface area (Å²) in [7, 11) is 0. The Balaban J connectivity index is 2.79. The van der Waals surface area contributed by atoms with Crippen LogP contribution in [0.25, 0.3) is 0 Å². The third kappa shape index (κ3) is 4.39. The van der Waals surface area contributed by atoms with Gasteiger partial charge in [-0.3, -0.25) is 0 Å². The van der Waals surface area contributed by atoms with Gasteiger partial charge < -0.3 is 9.47 Å². The Bertz CT molecular complexity index is 420. The molecule has 0 heterocycles. The second-order valence-electron chi connectivity index (χ2n) is 3.12. The minimum atomic E-state index is -0.746. The molecule has 0 aliphatic heterocycles. The highest BCUT2D eigenvalue weighted by atomic mass is 16.7. The van der Waals surface area contributed by atoms with E-state index in [0.29, 0.717) is 0 Å². The average molecular weight is 231 g/mol. The van der Waals surface area contributed by atoms with E-state index in [9.17, 15) is 4.79 Å². The predicted molar refractivity (Wildman–Crippen MR) is 62.0 cm³/mol. The lowest BCUT2D eigenvalue weighted by molar-refractivity contribution is 0.0401. The zero-order valence-electron chi connectivity index (χ0n) is 9.50. The molecule has 0 aromatic heterocycles. The molecule has 0 radical (unpaired) electrons. The summed E-state index contributed by atoms with van der Waals surface area (Å²) in [5.41, 5.74) is 0.784. The Morgan fingerprint density at radius 3 is 2.76 bits per heavy atom. The smallest absolute Gasteiger partial charge is 0.435 e. The molecular weight excluding hydrogens is 218 g/mol. The van der Waals surface area contributed by atoms with Crippen molar-refractivity contribution in [2.75, 3.05) is 6.61 Å². The van der Waals surface area contributed by atoms with Gasteiger partial charge in [-0.25, -0.2) is 4.79 Å². The molecule has 1 rings (SSSR count). The van der Waals surface area contributed by atoms with E-state index in [-0.39, 0.29) is 6.61 Å². The normalized spacial score (nSPS) is 11.8. The molecule has 4 heteroatoms. The van der Waals surface area contributed by atoms with E-state index in [1.165, 1.54) is 12.2 Å². The first-order chi connectivity index (χ1) is 8.27. The quantitative estimate of drug-likeness (QED) is 0.590. The lowest BCUT2D eigenvalue weighted by Crippen LogP contribution is -2.11. The summed E-state index contributed by atoms with van der Waals surface area (Å²) in [4.78, 5) is 11.2. The molecule has 1 unspecified atom stereocenters. The van der Waals surface area contributed by atoms with Crippen molar-refractivity contribution in [2.24, 2.45) is 0 Å². The topological polar surface area (TPSA) is 59.3 Å². The molecule has 17 heavy (non-hydrogen) atoms. The second kappa shape index (κ2) is 7.07. The molecule has 4 nitrogen and oxygen atoms in total. The van der Waals surface area contributed by atoms with Gasteiger partial charge in [0.25, 0.3) is 0 Å². The van der Waals surface area contributed by atoms with Crippen LogP contribution < -0.4 is 0 Å². The van der Waals surface area contributed by atoms with Crippen molar-refractivity contribution < 1.29 is 14.3 Å². The summed E-state index contributed by atoms with van der Waals surface area (Å²) < 4.78 is 9.78. The largest absolute Gasteiger partial charge is 0.509 e. The van der Waals surface area contributed by atoms with E-state index in [0.717, 1.165) is 5.56 Å². The molecule has 0 aliphatic carbocycles. The van der Waals surface area contributed by atoms with Crippen molar-refractivity contribution in [2.45, 2.75) is 13.0 Å². The summed E-state index contributed by atoms with van der Waals surface area (Å²) in [5.74, 6) is 0. The average Bonchev–Trinajstić information content (AvgIpc) is 2.36. The van der Waals surface area contributed by atoms with Crippen LogP contribution in [-0.2, 0) is 9.47 Å². The predicted octanol–water partition coefficient (Wildman–Crippen LogP) is 2.98. The molecular formula is C13H13NO3. The molecule has 1 aromatic carbocycles. The van der Waals surface area contributed by atoms with Gasteiger partial charge in [0.15, 0.2) is 0 Å². The molecule has 0 spiro atoms. The maximum atomic E-state index is 11.2. The molecule has 0 N–H and O–H groups in total. The number of allylic oxidation sites excluding steroid dienone is 1. The van der Waals surface area contributed by atoms with Crippen LogP contribution >= 0.6 is 0 Å². The number of benzene rings is 1. The Morgan fingerprint density at radius 2 is 2.18 bits per heavy atom. The number of carbonyl (C=O) groups is 1. The second-order valence-corrected chi connectivity index (χ2v) is 3.12. The highest BCUT2D eigenvalue weighted by molar-refractivity contribution is 5.60. The number of nitrogens with zero attached hydrogens (tertiary/aromatic N) is 1. The Hall–Kier alpha value is -2.28. The Labute approximate surface area is 100 Å². The van der Waals surface area contributed by atoms with Crippen LogP contribution in [0.2, 0.25) is 0 Å². The van der Waals surface area contributed by atoms with Gasteiger partial charge in [0.1, 0.15) is 6.10 Å². The van der Waals surface area contributed by atoms with Gasteiger partial charge in [0, 0.05) is 6.08 Å². The van der Waals surface area contributed by atoms with E-state index >= 15 is 0 Å². The van der Waals surface area contributed by atoms with Crippen LogP contribution in [0.1, 0.15) is 18.6 Å². The fourth-order valence-electron chi connectivity index (χ4n) is 1.25. The van der Waals surface area contributed by atoms with E-state index in [1.807, 2.05) is 36.4 Å². The number of nitriles is 1. The van der Waals surface area contributed by atoms with Crippen molar-refractivity contribution in [3.05, 3.63) is 48.0 Å². The summed E-state index contributed by atoms with van der Waals surface area (Å²) >= 11 is 0. The lowest BCUT2D eigenvalue weighted by Gasteiger charge is -2.13. The lowest BCUT2D eigenvalue weighted by atomic mass is 10.1. The van der Waals surface area contributed by atoms with E-state index in [1.54, 1.807) is 6.92 Å². The number of carbonyl (C=O) groups excluding carboxylic acids is 1. The third-order valence-corrected chi connectivity index (χ3v) is 1.96. The first-order valence-corrected chi connectivity index (χ1v) is 5.22. The first-order valence-electron chi connectivity index (χ1n) is 5.22. The fourth-order valence-corrected chi connectivity index (χ4v) is 1.25. The van der Waals surface area contributed by atoms with Gasteiger partial charge in [0.05, 0.1) is 12.7 Å². The zero-order chi connectivity index (χ0) is 12.5. The Kier molecular flexibility index (Phi) is 5.32. The van der Waals surface area contributed by atoms with Crippen LogP contribution in [0.3, 0.4) is 0 Å². The van der Waals surface area contributed by atoms with Crippen LogP contribution in [0, 0.1) is 11.3 Å². The van der Waals surface area contributed by atoms with Crippen LogP contribution in [0.4, 0.5) is 4.79 Å². The number of ether oxygens (including phenoxy) is 2. The highest BCUT2D eigenvalue weighted by Gasteiger charge is 2.13. The van der Waals surface area contributed by atoms with E-state index < -0.39 is 12.3 Å². The van der Waals surface area contributed by atoms with Crippen LogP contribution in [-0.4, -0.2) is 12.8 Å². The van der Waals surface area contributed by atoms with Gasteiger partial charge in [-0.1, -0.05) is 30.3 Å². The van der Waals surface area contributed by atoms with Crippen molar-refractivity contribution in [3.63, 3.8) is 0 Å². The number of rotatable bonds is 4. The molecule has 88 valence electrons. The fraction of sp³-hybridized carbons (Fsp3) is 0.231. The monoisotopic (exact) mass is 231 g/mol. The minimum Gasteiger partial charge on any atom is -0.435 e. The molecule has 0 saturated carbocycles. The third-order valence-electron chi connectivity index (χ3n) is 1.96. The van der Waals surface area contributed by atoms with Crippen molar-refractivity contribution in [1.29, 1.82) is 5.26 Å². The maximum absolute atomic E-state index is 11.2. The molecule has 0 fully saturated rings. The van der Waals surface area contributed by atoms with Gasteiger partial charge >= 0.3 is 6.16 Å². The van der Waals surface area contributed by atoms with Crippen molar-refractivity contribution in [1.82, 2.24) is 0 Å². The van der Waals surface area contributed by atoms with Crippen molar-refractivity contribution >= 4 is 6.16 Å². The molecule has 0 amide bonds. The SMILES string of the molecule is CCOC(=O)OC(/C=C/C#N)c1ccccc1. The molecule has 0 bridgehead atoms. The summed E-state index contributed by atoms with van der Waals surface area (Å²) in [6, 6.07) is 11.0. The zero-order valence-corrected chi connectivity index (χ0v) is 9.50. The molecule has 0 saturated heterocycles. The summed E-state index contributed by atoms with van der Waals surface area (Å²) in [6.45, 7) is 1.95. The van der Waals surface area contributed by atoms with Crippen molar-refractivity contribution in [3.8, 4) is 6.07 Å². The number of hydrogen-bond acceptors (Lipinski definition) is 4. The van der Waals surface area contributed by atoms with E-state index in [2.05, 4.69) is 0 Å². The van der Waals surface area contributed by atoms with Gasteiger partial charge in [-0.05, 0) is 18.6 Å². The molecule has 1 atom stereocenters.